The van der Waals surface area contributed by atoms with Gasteiger partial charge in [0.15, 0.2) is 0 Å². The molecule has 18 heavy (non-hydrogen) atoms. The average molecular weight is 250 g/mol. The topological polar surface area (TPSA) is 15.3 Å². The predicted molar refractivity (Wildman–Crippen MR) is 76.7 cm³/mol. The van der Waals surface area contributed by atoms with Crippen molar-refractivity contribution in [2.45, 2.75) is 64.5 Å². The Labute approximate surface area is 113 Å². The summed E-state index contributed by atoms with van der Waals surface area (Å²) in [4.78, 5) is 2.81. The van der Waals surface area contributed by atoms with Crippen LogP contribution in [-0.4, -0.2) is 36.6 Å². The third-order valence-corrected chi connectivity index (χ3v) is 5.61. The molecule has 0 amide bonds. The van der Waals surface area contributed by atoms with Crippen LogP contribution in [0.2, 0.25) is 0 Å². The number of hydrogen-bond acceptors (Lipinski definition) is 2. The molecule has 1 saturated heterocycles. The second-order valence-corrected chi connectivity index (χ2v) is 7.29. The van der Waals surface area contributed by atoms with E-state index < -0.39 is 0 Å². The molecule has 0 aromatic rings. The first kappa shape index (κ1) is 12.9. The maximum Gasteiger partial charge on any atom is 0.0221 e. The Morgan fingerprint density at radius 2 is 2.06 bits per heavy atom. The van der Waals surface area contributed by atoms with Crippen LogP contribution in [0.3, 0.4) is 0 Å². The van der Waals surface area contributed by atoms with Gasteiger partial charge in [0.25, 0.3) is 0 Å². The molecule has 4 atom stereocenters. The SMILES string of the molecule is CC(C)NCC1CCCN1CC1CC2CCC1C2. The van der Waals surface area contributed by atoms with Crippen LogP contribution in [-0.2, 0) is 0 Å². The molecular weight excluding hydrogens is 220 g/mol. The highest BCUT2D eigenvalue weighted by atomic mass is 15.2. The third-order valence-electron chi connectivity index (χ3n) is 5.61. The molecule has 1 heterocycles. The van der Waals surface area contributed by atoms with E-state index in [2.05, 4.69) is 24.1 Å². The normalized spacial score (nSPS) is 40.2. The molecule has 4 unspecified atom stereocenters. The van der Waals surface area contributed by atoms with Crippen molar-refractivity contribution in [1.29, 1.82) is 0 Å². The second kappa shape index (κ2) is 5.50. The summed E-state index contributed by atoms with van der Waals surface area (Å²) in [5.74, 6) is 3.24. The van der Waals surface area contributed by atoms with E-state index >= 15 is 0 Å². The monoisotopic (exact) mass is 250 g/mol. The van der Waals surface area contributed by atoms with Crippen molar-refractivity contribution >= 4 is 0 Å². The summed E-state index contributed by atoms with van der Waals surface area (Å²) in [6, 6.07) is 1.46. The molecule has 104 valence electrons. The van der Waals surface area contributed by atoms with Gasteiger partial charge in [-0.2, -0.15) is 0 Å². The highest BCUT2D eigenvalue weighted by molar-refractivity contribution is 4.93. The van der Waals surface area contributed by atoms with Crippen LogP contribution in [0.25, 0.3) is 0 Å². The number of rotatable bonds is 5. The van der Waals surface area contributed by atoms with E-state index in [9.17, 15) is 0 Å². The van der Waals surface area contributed by atoms with Crippen molar-refractivity contribution in [1.82, 2.24) is 10.2 Å². The maximum atomic E-state index is 3.63. The molecule has 2 aliphatic carbocycles. The Balaban J connectivity index is 1.49. The van der Waals surface area contributed by atoms with Crippen LogP contribution in [0.1, 0.15) is 52.4 Å². The lowest BCUT2D eigenvalue weighted by atomic mass is 9.88. The summed E-state index contributed by atoms with van der Waals surface area (Å²) in [5, 5.41) is 3.63. The fourth-order valence-electron chi connectivity index (χ4n) is 4.64. The molecule has 0 radical (unpaired) electrons. The molecule has 1 aliphatic heterocycles. The first-order valence-corrected chi connectivity index (χ1v) is 8.20. The molecule has 0 aromatic heterocycles. The van der Waals surface area contributed by atoms with Crippen molar-refractivity contribution in [3.63, 3.8) is 0 Å². The minimum atomic E-state index is 0.634. The Hall–Kier alpha value is -0.0800. The fourth-order valence-corrected chi connectivity index (χ4v) is 4.64. The fraction of sp³-hybridized carbons (Fsp3) is 1.00. The number of nitrogens with zero attached hydrogens (tertiary/aromatic N) is 1. The van der Waals surface area contributed by atoms with Gasteiger partial charge in [0.05, 0.1) is 0 Å². The van der Waals surface area contributed by atoms with Crippen LogP contribution >= 0.6 is 0 Å². The number of likely N-dealkylation sites (tertiary alicyclic amines) is 1. The van der Waals surface area contributed by atoms with Gasteiger partial charge in [-0.1, -0.05) is 20.3 Å². The van der Waals surface area contributed by atoms with Gasteiger partial charge in [-0.15, -0.1) is 0 Å². The molecule has 2 nitrogen and oxygen atoms in total. The second-order valence-electron chi connectivity index (χ2n) is 7.29. The van der Waals surface area contributed by atoms with Crippen LogP contribution in [0.5, 0.6) is 0 Å². The number of fused-ring (bicyclic) bond motifs is 2. The lowest BCUT2D eigenvalue weighted by molar-refractivity contribution is 0.174. The molecule has 3 fully saturated rings. The van der Waals surface area contributed by atoms with E-state index in [1.54, 1.807) is 19.3 Å². The molecule has 1 N–H and O–H groups in total. The standard InChI is InChI=1S/C16H30N2/c1-12(2)17-10-16-4-3-7-18(16)11-15-9-13-5-6-14(15)8-13/h12-17H,3-11H2,1-2H3. The van der Waals surface area contributed by atoms with Gasteiger partial charge >= 0.3 is 0 Å². The third kappa shape index (κ3) is 2.75. The van der Waals surface area contributed by atoms with E-state index in [0.29, 0.717) is 6.04 Å². The van der Waals surface area contributed by atoms with E-state index in [-0.39, 0.29) is 0 Å². The van der Waals surface area contributed by atoms with Crippen molar-refractivity contribution in [3.8, 4) is 0 Å². The van der Waals surface area contributed by atoms with Crippen LogP contribution < -0.4 is 5.32 Å². The van der Waals surface area contributed by atoms with E-state index in [1.165, 1.54) is 38.9 Å². The Morgan fingerprint density at radius 3 is 2.72 bits per heavy atom. The van der Waals surface area contributed by atoms with Crippen molar-refractivity contribution in [2.75, 3.05) is 19.6 Å². The van der Waals surface area contributed by atoms with Crippen LogP contribution in [0.15, 0.2) is 0 Å². The van der Waals surface area contributed by atoms with Crippen LogP contribution in [0.4, 0.5) is 0 Å². The smallest absolute Gasteiger partial charge is 0.0221 e. The Morgan fingerprint density at radius 1 is 1.17 bits per heavy atom. The highest BCUT2D eigenvalue weighted by Crippen LogP contribution is 2.48. The van der Waals surface area contributed by atoms with Crippen molar-refractivity contribution in [3.05, 3.63) is 0 Å². The van der Waals surface area contributed by atoms with Gasteiger partial charge in [0.2, 0.25) is 0 Å². The van der Waals surface area contributed by atoms with Crippen molar-refractivity contribution < 1.29 is 0 Å². The first-order valence-electron chi connectivity index (χ1n) is 8.20. The lowest BCUT2D eigenvalue weighted by Gasteiger charge is -2.31. The van der Waals surface area contributed by atoms with Gasteiger partial charge < -0.3 is 5.32 Å². The predicted octanol–water partition coefficient (Wildman–Crippen LogP) is 2.89. The number of nitrogens with one attached hydrogen (secondary N) is 1. The molecule has 3 rings (SSSR count). The summed E-state index contributed by atoms with van der Waals surface area (Å²) in [7, 11) is 0. The molecule has 2 saturated carbocycles. The molecule has 2 bridgehead atoms. The summed E-state index contributed by atoms with van der Waals surface area (Å²) in [5.41, 5.74) is 0. The minimum Gasteiger partial charge on any atom is -0.313 e. The zero-order chi connectivity index (χ0) is 12.5. The average Bonchev–Trinajstić information content (AvgIpc) is 3.02. The summed E-state index contributed by atoms with van der Waals surface area (Å²) >= 11 is 0. The summed E-state index contributed by atoms with van der Waals surface area (Å²) in [6.07, 6.45) is 9.03. The van der Waals surface area contributed by atoms with Gasteiger partial charge in [0, 0.05) is 25.2 Å². The van der Waals surface area contributed by atoms with Gasteiger partial charge in [0.1, 0.15) is 0 Å². The maximum absolute atomic E-state index is 3.63. The van der Waals surface area contributed by atoms with Crippen LogP contribution in [0, 0.1) is 17.8 Å². The van der Waals surface area contributed by atoms with E-state index in [0.717, 1.165) is 23.8 Å². The van der Waals surface area contributed by atoms with Gasteiger partial charge in [-0.05, 0) is 56.4 Å². The van der Waals surface area contributed by atoms with E-state index in [1.807, 2.05) is 0 Å². The number of hydrogen-bond donors (Lipinski definition) is 1. The van der Waals surface area contributed by atoms with Gasteiger partial charge in [-0.3, -0.25) is 4.90 Å². The minimum absolute atomic E-state index is 0.634. The Kier molecular flexibility index (Phi) is 3.95. The highest BCUT2D eigenvalue weighted by Gasteiger charge is 2.41. The molecule has 0 spiro atoms. The molecular formula is C16H30N2. The Bertz CT molecular complexity index is 276. The van der Waals surface area contributed by atoms with E-state index in [4.69, 9.17) is 0 Å². The first-order chi connectivity index (χ1) is 8.72. The largest absolute Gasteiger partial charge is 0.313 e. The molecule has 2 heteroatoms. The van der Waals surface area contributed by atoms with Gasteiger partial charge in [-0.25, -0.2) is 0 Å². The summed E-state index contributed by atoms with van der Waals surface area (Å²) < 4.78 is 0. The zero-order valence-electron chi connectivity index (χ0n) is 12.2. The lowest BCUT2D eigenvalue weighted by Crippen LogP contribution is -2.42. The molecule has 3 aliphatic rings. The van der Waals surface area contributed by atoms with Crippen molar-refractivity contribution in [2.24, 2.45) is 17.8 Å². The zero-order valence-corrected chi connectivity index (χ0v) is 12.2. The molecule has 0 aromatic carbocycles. The quantitative estimate of drug-likeness (QED) is 0.807. The summed E-state index contributed by atoms with van der Waals surface area (Å²) in [6.45, 7) is 8.49.